The van der Waals surface area contributed by atoms with Crippen LogP contribution < -0.4 is 5.32 Å². The molecule has 2 aromatic heterocycles. The van der Waals surface area contributed by atoms with E-state index in [1.165, 1.54) is 54.0 Å². The standard InChI is InChI=1S/C21H24N4OS/c1-15-13-19-23-24-21(25(19)18-10-6-5-9-17(15)18)27-14-20(26)22-12-11-16-7-3-2-4-8-16/h5-7,9-10,13H,2-4,8,11-12,14H2,1H3,(H,22,26). The summed E-state index contributed by atoms with van der Waals surface area (Å²) in [5, 5.41) is 13.5. The molecule has 2 heterocycles. The van der Waals surface area contributed by atoms with E-state index in [2.05, 4.69) is 40.6 Å². The van der Waals surface area contributed by atoms with Gasteiger partial charge >= 0.3 is 0 Å². The molecule has 0 spiro atoms. The maximum Gasteiger partial charge on any atom is 0.230 e. The number of aromatic nitrogens is 3. The van der Waals surface area contributed by atoms with Gasteiger partial charge in [-0.25, -0.2) is 0 Å². The number of carbonyl (C=O) groups is 1. The molecule has 0 saturated carbocycles. The van der Waals surface area contributed by atoms with Gasteiger partial charge in [0.25, 0.3) is 0 Å². The Hall–Kier alpha value is -2.34. The minimum absolute atomic E-state index is 0.0459. The van der Waals surface area contributed by atoms with E-state index in [4.69, 9.17) is 0 Å². The largest absolute Gasteiger partial charge is 0.355 e. The van der Waals surface area contributed by atoms with Crippen LogP contribution in [0, 0.1) is 6.92 Å². The molecule has 27 heavy (non-hydrogen) atoms. The second-order valence-electron chi connectivity index (χ2n) is 7.02. The number of nitrogens with one attached hydrogen (secondary N) is 1. The first kappa shape index (κ1) is 18.0. The Balaban J connectivity index is 1.41. The number of benzene rings is 1. The number of para-hydroxylation sites is 1. The number of hydrogen-bond donors (Lipinski definition) is 1. The third-order valence-corrected chi connectivity index (χ3v) is 5.99. The van der Waals surface area contributed by atoms with Crippen molar-refractivity contribution < 1.29 is 4.79 Å². The summed E-state index contributed by atoms with van der Waals surface area (Å²) in [5.74, 6) is 0.395. The Kier molecular flexibility index (Phi) is 5.43. The second-order valence-corrected chi connectivity index (χ2v) is 7.96. The predicted molar refractivity (Wildman–Crippen MR) is 110 cm³/mol. The van der Waals surface area contributed by atoms with Gasteiger partial charge in [-0.2, -0.15) is 0 Å². The zero-order valence-electron chi connectivity index (χ0n) is 15.6. The highest BCUT2D eigenvalue weighted by molar-refractivity contribution is 7.99. The van der Waals surface area contributed by atoms with Gasteiger partial charge in [-0.05, 0) is 56.7 Å². The Labute approximate surface area is 163 Å². The molecule has 0 saturated heterocycles. The van der Waals surface area contributed by atoms with Gasteiger partial charge < -0.3 is 5.32 Å². The number of allylic oxidation sites excluding steroid dienone is 1. The maximum atomic E-state index is 12.2. The molecule has 140 valence electrons. The molecule has 1 N–H and O–H groups in total. The summed E-state index contributed by atoms with van der Waals surface area (Å²) in [5.41, 5.74) is 4.55. The van der Waals surface area contributed by atoms with E-state index >= 15 is 0 Å². The lowest BCUT2D eigenvalue weighted by atomic mass is 9.97. The van der Waals surface area contributed by atoms with Crippen LogP contribution in [0.3, 0.4) is 0 Å². The van der Waals surface area contributed by atoms with Crippen molar-refractivity contribution in [3.05, 3.63) is 47.5 Å². The van der Waals surface area contributed by atoms with Crippen LogP contribution in [-0.4, -0.2) is 32.8 Å². The minimum atomic E-state index is 0.0459. The first-order valence-electron chi connectivity index (χ1n) is 9.53. The average Bonchev–Trinajstić information content (AvgIpc) is 3.10. The topological polar surface area (TPSA) is 59.3 Å². The van der Waals surface area contributed by atoms with E-state index < -0.39 is 0 Å². The number of amides is 1. The molecule has 4 rings (SSSR count). The highest BCUT2D eigenvalue weighted by Gasteiger charge is 2.13. The van der Waals surface area contributed by atoms with Crippen molar-refractivity contribution in [2.45, 2.75) is 44.2 Å². The fourth-order valence-corrected chi connectivity index (χ4v) is 4.43. The Bertz CT molecular complexity index is 1010. The molecule has 0 bridgehead atoms. The summed E-state index contributed by atoms with van der Waals surface area (Å²) in [6.45, 7) is 2.80. The summed E-state index contributed by atoms with van der Waals surface area (Å²) in [4.78, 5) is 12.2. The molecular formula is C21H24N4OS. The van der Waals surface area contributed by atoms with Crippen molar-refractivity contribution in [3.8, 4) is 0 Å². The highest BCUT2D eigenvalue weighted by Crippen LogP contribution is 2.25. The van der Waals surface area contributed by atoms with Crippen LogP contribution in [0.5, 0.6) is 0 Å². The van der Waals surface area contributed by atoms with Gasteiger partial charge in [-0.3, -0.25) is 9.20 Å². The van der Waals surface area contributed by atoms with Crippen molar-refractivity contribution in [1.29, 1.82) is 0 Å². The maximum absolute atomic E-state index is 12.2. The molecular weight excluding hydrogens is 356 g/mol. The zero-order chi connectivity index (χ0) is 18.6. The van der Waals surface area contributed by atoms with Gasteiger partial charge in [0.1, 0.15) is 0 Å². The van der Waals surface area contributed by atoms with Crippen molar-refractivity contribution in [2.24, 2.45) is 0 Å². The lowest BCUT2D eigenvalue weighted by Crippen LogP contribution is -2.26. The Morgan fingerprint density at radius 3 is 3.00 bits per heavy atom. The number of thioether (sulfide) groups is 1. The summed E-state index contributed by atoms with van der Waals surface area (Å²) in [6, 6.07) is 10.3. The van der Waals surface area contributed by atoms with Gasteiger partial charge in [0.15, 0.2) is 10.8 Å². The van der Waals surface area contributed by atoms with Crippen LogP contribution in [0.2, 0.25) is 0 Å². The molecule has 0 fully saturated rings. The predicted octanol–water partition coefficient (Wildman–Crippen LogP) is 4.29. The first-order chi connectivity index (χ1) is 13.2. The van der Waals surface area contributed by atoms with Crippen molar-refractivity contribution in [2.75, 3.05) is 12.3 Å². The molecule has 0 unspecified atom stereocenters. The van der Waals surface area contributed by atoms with Crippen LogP contribution in [0.25, 0.3) is 16.6 Å². The fraction of sp³-hybridized carbons (Fsp3) is 0.381. The summed E-state index contributed by atoms with van der Waals surface area (Å²) < 4.78 is 2.03. The van der Waals surface area contributed by atoms with E-state index in [9.17, 15) is 4.79 Å². The van der Waals surface area contributed by atoms with Crippen molar-refractivity contribution >= 4 is 34.2 Å². The van der Waals surface area contributed by atoms with Crippen LogP contribution in [-0.2, 0) is 4.79 Å². The van der Waals surface area contributed by atoms with Gasteiger partial charge in [-0.15, -0.1) is 10.2 Å². The van der Waals surface area contributed by atoms with E-state index in [1.807, 2.05) is 22.6 Å². The van der Waals surface area contributed by atoms with Crippen LogP contribution >= 0.6 is 11.8 Å². The second kappa shape index (κ2) is 8.13. The number of pyridine rings is 1. The summed E-state index contributed by atoms with van der Waals surface area (Å²) in [7, 11) is 0. The SMILES string of the molecule is Cc1cc2nnc(SCC(=O)NCCC3=CCCCC3)n2c2ccccc12. The van der Waals surface area contributed by atoms with Crippen molar-refractivity contribution in [3.63, 3.8) is 0 Å². The monoisotopic (exact) mass is 380 g/mol. The van der Waals surface area contributed by atoms with Crippen LogP contribution in [0.15, 0.2) is 47.1 Å². The van der Waals surface area contributed by atoms with Crippen molar-refractivity contribution in [1.82, 2.24) is 19.9 Å². The number of carbonyl (C=O) groups excluding carboxylic acids is 1. The molecule has 0 aliphatic heterocycles. The quantitative estimate of drug-likeness (QED) is 0.512. The Morgan fingerprint density at radius 2 is 2.15 bits per heavy atom. The van der Waals surface area contributed by atoms with Crippen LogP contribution in [0.1, 0.15) is 37.7 Å². The number of aryl methyl sites for hydroxylation is 1. The molecule has 1 aromatic carbocycles. The zero-order valence-corrected chi connectivity index (χ0v) is 16.4. The number of fused-ring (bicyclic) bond motifs is 3. The van der Waals surface area contributed by atoms with E-state index in [-0.39, 0.29) is 5.91 Å². The van der Waals surface area contributed by atoms with Gasteiger partial charge in [0, 0.05) is 11.9 Å². The highest BCUT2D eigenvalue weighted by atomic mass is 32.2. The van der Waals surface area contributed by atoms with Gasteiger partial charge in [0.2, 0.25) is 5.91 Å². The normalized spacial score (nSPS) is 14.5. The number of nitrogens with zero attached hydrogens (tertiary/aromatic N) is 3. The first-order valence-corrected chi connectivity index (χ1v) is 10.5. The van der Waals surface area contributed by atoms with E-state index in [0.717, 1.165) is 22.7 Å². The molecule has 0 atom stereocenters. The molecule has 3 aromatic rings. The van der Waals surface area contributed by atoms with Gasteiger partial charge in [0.05, 0.1) is 11.3 Å². The van der Waals surface area contributed by atoms with Crippen LogP contribution in [0.4, 0.5) is 0 Å². The Morgan fingerprint density at radius 1 is 1.26 bits per heavy atom. The average molecular weight is 381 g/mol. The third-order valence-electron chi connectivity index (χ3n) is 5.06. The minimum Gasteiger partial charge on any atom is -0.355 e. The van der Waals surface area contributed by atoms with Gasteiger partial charge in [-0.1, -0.05) is 41.6 Å². The molecule has 1 aliphatic rings. The third kappa shape index (κ3) is 4.00. The van der Waals surface area contributed by atoms with E-state index in [1.54, 1.807) is 0 Å². The number of hydrogen-bond acceptors (Lipinski definition) is 4. The summed E-state index contributed by atoms with van der Waals surface area (Å²) >= 11 is 1.43. The lowest BCUT2D eigenvalue weighted by Gasteiger charge is -2.12. The van der Waals surface area contributed by atoms with E-state index in [0.29, 0.717) is 12.3 Å². The smallest absolute Gasteiger partial charge is 0.230 e. The molecule has 0 radical (unpaired) electrons. The summed E-state index contributed by atoms with van der Waals surface area (Å²) in [6.07, 6.45) is 8.25. The molecule has 6 heteroatoms. The lowest BCUT2D eigenvalue weighted by molar-refractivity contribution is -0.118. The molecule has 5 nitrogen and oxygen atoms in total. The fourth-order valence-electron chi connectivity index (χ4n) is 3.64. The number of rotatable bonds is 6. The molecule has 1 amide bonds. The molecule has 1 aliphatic carbocycles.